The minimum absolute atomic E-state index is 0.555. The molecule has 1 heterocycles. The van der Waals surface area contributed by atoms with Crippen molar-refractivity contribution in [1.82, 2.24) is 9.97 Å². The average Bonchev–Trinajstić information content (AvgIpc) is 2.51. The molecule has 0 aliphatic heterocycles. The summed E-state index contributed by atoms with van der Waals surface area (Å²) in [6.45, 7) is 5.14. The first kappa shape index (κ1) is 15.1. The Kier molecular flexibility index (Phi) is 5.37. The van der Waals surface area contributed by atoms with Crippen molar-refractivity contribution in [2.75, 3.05) is 22.9 Å². The zero-order valence-electron chi connectivity index (χ0n) is 12.7. The first-order valence-corrected chi connectivity index (χ1v) is 7.45. The van der Waals surface area contributed by atoms with Crippen LogP contribution in [0.2, 0.25) is 0 Å². The number of rotatable bonds is 7. The lowest BCUT2D eigenvalue weighted by Crippen LogP contribution is -2.09. The number of hydrogen-bond donors (Lipinski definition) is 3. The molecule has 0 bridgehead atoms. The third-order valence-corrected chi connectivity index (χ3v) is 3.36. The Morgan fingerprint density at radius 3 is 2.62 bits per heavy atom. The van der Waals surface area contributed by atoms with Crippen LogP contribution in [0.5, 0.6) is 0 Å². The Morgan fingerprint density at radius 2 is 1.86 bits per heavy atom. The number of anilines is 4. The summed E-state index contributed by atoms with van der Waals surface area (Å²) in [6.07, 6.45) is 4.70. The van der Waals surface area contributed by atoms with Gasteiger partial charge in [0.1, 0.15) is 12.0 Å². The van der Waals surface area contributed by atoms with Gasteiger partial charge in [-0.3, -0.25) is 0 Å². The van der Waals surface area contributed by atoms with E-state index in [0.717, 1.165) is 31.5 Å². The second-order valence-corrected chi connectivity index (χ2v) is 4.90. The molecule has 0 unspecified atom stereocenters. The fourth-order valence-electron chi connectivity index (χ4n) is 2.10. The van der Waals surface area contributed by atoms with Crippen LogP contribution in [0.1, 0.15) is 32.3 Å². The lowest BCUT2D eigenvalue weighted by atomic mass is 10.1. The highest BCUT2D eigenvalue weighted by Gasteiger charge is 2.09. The quantitative estimate of drug-likeness (QED) is 0.678. The van der Waals surface area contributed by atoms with Gasteiger partial charge in [-0.05, 0) is 24.5 Å². The average molecular weight is 285 g/mol. The molecule has 0 aliphatic carbocycles. The van der Waals surface area contributed by atoms with Crippen molar-refractivity contribution in [2.24, 2.45) is 0 Å². The summed E-state index contributed by atoms with van der Waals surface area (Å²) in [5.41, 5.74) is 8.97. The lowest BCUT2D eigenvalue weighted by Gasteiger charge is -2.14. The first-order chi connectivity index (χ1) is 10.3. The minimum Gasteiger partial charge on any atom is -0.393 e. The van der Waals surface area contributed by atoms with Gasteiger partial charge >= 0.3 is 0 Å². The van der Waals surface area contributed by atoms with E-state index in [1.165, 1.54) is 11.9 Å². The SMILES string of the molecule is CCCCNc1ncnc(Nc2ccccc2CC)c1N. The Hall–Kier alpha value is -2.30. The zero-order valence-corrected chi connectivity index (χ0v) is 12.7. The van der Waals surface area contributed by atoms with Gasteiger partial charge in [0, 0.05) is 12.2 Å². The van der Waals surface area contributed by atoms with Gasteiger partial charge < -0.3 is 16.4 Å². The Balaban J connectivity index is 2.18. The van der Waals surface area contributed by atoms with E-state index in [9.17, 15) is 0 Å². The van der Waals surface area contributed by atoms with Gasteiger partial charge in [-0.1, -0.05) is 38.5 Å². The normalized spacial score (nSPS) is 10.4. The van der Waals surface area contributed by atoms with E-state index in [4.69, 9.17) is 5.73 Å². The molecule has 2 rings (SSSR count). The summed E-state index contributed by atoms with van der Waals surface area (Å²) in [7, 11) is 0. The first-order valence-electron chi connectivity index (χ1n) is 7.45. The van der Waals surface area contributed by atoms with Crippen LogP contribution in [0.4, 0.5) is 23.0 Å². The summed E-state index contributed by atoms with van der Waals surface area (Å²) >= 11 is 0. The molecule has 1 aromatic carbocycles. The maximum absolute atomic E-state index is 6.15. The van der Waals surface area contributed by atoms with Gasteiger partial charge in [0.05, 0.1) is 0 Å². The highest BCUT2D eigenvalue weighted by Crippen LogP contribution is 2.27. The van der Waals surface area contributed by atoms with Gasteiger partial charge in [0.25, 0.3) is 0 Å². The number of unbranched alkanes of at least 4 members (excludes halogenated alkanes) is 1. The van der Waals surface area contributed by atoms with Gasteiger partial charge in [-0.15, -0.1) is 0 Å². The molecule has 0 amide bonds. The number of hydrogen-bond acceptors (Lipinski definition) is 5. The van der Waals surface area contributed by atoms with E-state index in [-0.39, 0.29) is 0 Å². The molecule has 4 N–H and O–H groups in total. The van der Waals surface area contributed by atoms with Crippen molar-refractivity contribution in [3.63, 3.8) is 0 Å². The number of aromatic nitrogens is 2. The molecule has 2 aromatic rings. The standard InChI is InChI=1S/C16H23N5/c1-3-5-10-18-15-14(17)16(20-11-19-15)21-13-9-7-6-8-12(13)4-2/h6-9,11H,3-5,10,17H2,1-2H3,(H2,18,19,20,21). The third-order valence-electron chi connectivity index (χ3n) is 3.36. The number of nitrogens with one attached hydrogen (secondary N) is 2. The topological polar surface area (TPSA) is 75.9 Å². The molecule has 0 atom stereocenters. The predicted molar refractivity (Wildman–Crippen MR) is 88.9 cm³/mol. The second kappa shape index (κ2) is 7.47. The number of para-hydroxylation sites is 1. The fraction of sp³-hybridized carbons (Fsp3) is 0.375. The van der Waals surface area contributed by atoms with Crippen LogP contribution in [0, 0.1) is 0 Å². The van der Waals surface area contributed by atoms with Crippen LogP contribution in [0.15, 0.2) is 30.6 Å². The summed E-state index contributed by atoms with van der Waals surface area (Å²) in [5, 5.41) is 6.56. The maximum Gasteiger partial charge on any atom is 0.159 e. The van der Waals surface area contributed by atoms with Crippen LogP contribution in [0.3, 0.4) is 0 Å². The molecular formula is C16H23N5. The van der Waals surface area contributed by atoms with Crippen molar-refractivity contribution in [3.8, 4) is 0 Å². The Labute approximate surface area is 126 Å². The summed E-state index contributed by atoms with van der Waals surface area (Å²) < 4.78 is 0. The van der Waals surface area contributed by atoms with Crippen molar-refractivity contribution < 1.29 is 0 Å². The largest absolute Gasteiger partial charge is 0.393 e. The molecule has 112 valence electrons. The van der Waals surface area contributed by atoms with Gasteiger partial charge in [-0.25, -0.2) is 9.97 Å². The van der Waals surface area contributed by atoms with Crippen LogP contribution in [-0.4, -0.2) is 16.5 Å². The van der Waals surface area contributed by atoms with Crippen molar-refractivity contribution >= 4 is 23.0 Å². The maximum atomic E-state index is 6.15. The number of benzene rings is 1. The molecular weight excluding hydrogens is 262 g/mol. The monoisotopic (exact) mass is 285 g/mol. The molecule has 0 saturated carbocycles. The zero-order chi connectivity index (χ0) is 15.1. The molecule has 0 aliphatic rings. The summed E-state index contributed by atoms with van der Waals surface area (Å²) in [4.78, 5) is 8.46. The van der Waals surface area contributed by atoms with E-state index in [2.05, 4.69) is 40.5 Å². The van der Waals surface area contributed by atoms with Gasteiger partial charge in [0.2, 0.25) is 0 Å². The molecule has 0 spiro atoms. The van der Waals surface area contributed by atoms with E-state index >= 15 is 0 Å². The van der Waals surface area contributed by atoms with Crippen LogP contribution < -0.4 is 16.4 Å². The highest BCUT2D eigenvalue weighted by molar-refractivity contribution is 5.78. The molecule has 21 heavy (non-hydrogen) atoms. The Morgan fingerprint density at radius 1 is 1.10 bits per heavy atom. The molecule has 0 fully saturated rings. The van der Waals surface area contributed by atoms with Crippen molar-refractivity contribution in [2.45, 2.75) is 33.1 Å². The number of nitrogens with two attached hydrogens (primary N) is 1. The summed E-state index contributed by atoms with van der Waals surface area (Å²) in [6, 6.07) is 8.16. The highest BCUT2D eigenvalue weighted by atomic mass is 15.1. The van der Waals surface area contributed by atoms with Gasteiger partial charge in [0.15, 0.2) is 11.6 Å². The van der Waals surface area contributed by atoms with E-state index < -0.39 is 0 Å². The molecule has 0 saturated heterocycles. The summed E-state index contributed by atoms with van der Waals surface area (Å²) in [5.74, 6) is 1.33. The van der Waals surface area contributed by atoms with E-state index in [1.807, 2.05) is 18.2 Å². The fourth-order valence-corrected chi connectivity index (χ4v) is 2.10. The third kappa shape index (κ3) is 3.84. The molecule has 1 aromatic heterocycles. The van der Waals surface area contributed by atoms with E-state index in [1.54, 1.807) is 0 Å². The van der Waals surface area contributed by atoms with Crippen LogP contribution in [-0.2, 0) is 6.42 Å². The lowest BCUT2D eigenvalue weighted by molar-refractivity contribution is 0.831. The minimum atomic E-state index is 0.555. The van der Waals surface area contributed by atoms with Crippen molar-refractivity contribution in [3.05, 3.63) is 36.2 Å². The van der Waals surface area contributed by atoms with Crippen molar-refractivity contribution in [1.29, 1.82) is 0 Å². The number of nitrogens with zero attached hydrogens (tertiary/aromatic N) is 2. The van der Waals surface area contributed by atoms with Crippen LogP contribution >= 0.6 is 0 Å². The van der Waals surface area contributed by atoms with Crippen LogP contribution in [0.25, 0.3) is 0 Å². The number of aryl methyl sites for hydroxylation is 1. The molecule has 0 radical (unpaired) electrons. The molecule has 5 heteroatoms. The molecule has 5 nitrogen and oxygen atoms in total. The smallest absolute Gasteiger partial charge is 0.159 e. The number of nitrogen functional groups attached to an aromatic ring is 1. The van der Waals surface area contributed by atoms with Gasteiger partial charge in [-0.2, -0.15) is 0 Å². The van der Waals surface area contributed by atoms with E-state index in [0.29, 0.717) is 17.3 Å². The second-order valence-electron chi connectivity index (χ2n) is 4.90. The Bertz CT molecular complexity index is 583. The predicted octanol–water partition coefficient (Wildman–Crippen LogP) is 3.58.